The van der Waals surface area contributed by atoms with Crippen LogP contribution in [0.1, 0.15) is 38.7 Å². The van der Waals surface area contributed by atoms with Gasteiger partial charge in [-0.15, -0.1) is 0 Å². The Morgan fingerprint density at radius 2 is 1.95 bits per heavy atom. The summed E-state index contributed by atoms with van der Waals surface area (Å²) in [6.45, 7) is 6.40. The monoisotopic (exact) mass is 295 g/mol. The molecule has 0 aliphatic rings. The highest BCUT2D eigenvalue weighted by molar-refractivity contribution is 7.86. The fourth-order valence-corrected chi connectivity index (χ4v) is 3.24. The van der Waals surface area contributed by atoms with Crippen molar-refractivity contribution in [2.75, 3.05) is 6.26 Å². The first-order valence-corrected chi connectivity index (χ1v) is 8.64. The molecule has 0 saturated heterocycles. The molecule has 0 amide bonds. The smallest absolute Gasteiger partial charge is 0.306 e. The van der Waals surface area contributed by atoms with Crippen molar-refractivity contribution < 1.29 is 12.6 Å². The van der Waals surface area contributed by atoms with Crippen molar-refractivity contribution in [2.45, 2.75) is 33.1 Å². The molecule has 0 saturated carbocycles. The summed E-state index contributed by atoms with van der Waals surface area (Å²) in [5.41, 5.74) is 1.98. The largest absolute Gasteiger partial charge is 0.382 e. The number of nitrogens with one attached hydrogen (secondary N) is 1. The van der Waals surface area contributed by atoms with Gasteiger partial charge in [-0.05, 0) is 36.5 Å². The van der Waals surface area contributed by atoms with Crippen LogP contribution in [0.15, 0.2) is 24.4 Å². The second-order valence-electron chi connectivity index (χ2n) is 5.46. The van der Waals surface area contributed by atoms with Gasteiger partial charge in [0.05, 0.1) is 6.26 Å². The highest BCUT2D eigenvalue weighted by atomic mass is 32.2. The minimum Gasteiger partial charge on any atom is -0.382 e. The zero-order valence-electron chi connectivity index (χ0n) is 12.3. The molecule has 1 unspecified atom stereocenters. The van der Waals surface area contributed by atoms with E-state index >= 15 is 0 Å². The van der Waals surface area contributed by atoms with Gasteiger partial charge in [-0.25, -0.2) is 0 Å². The van der Waals surface area contributed by atoms with Gasteiger partial charge < -0.3 is 9.17 Å². The van der Waals surface area contributed by atoms with Crippen molar-refractivity contribution in [1.82, 2.24) is 4.98 Å². The fraction of sp³-hybridized carbons (Fsp3) is 0.467. The zero-order chi connectivity index (χ0) is 14.9. The van der Waals surface area contributed by atoms with Crippen LogP contribution in [-0.4, -0.2) is 19.7 Å². The molecule has 0 aliphatic heterocycles. The average Bonchev–Trinajstić information content (AvgIpc) is 2.78. The van der Waals surface area contributed by atoms with Crippen LogP contribution in [0.2, 0.25) is 0 Å². The third-order valence-electron chi connectivity index (χ3n) is 3.59. The molecule has 0 aliphatic carbocycles. The maximum absolute atomic E-state index is 11.5. The Labute approximate surface area is 120 Å². The van der Waals surface area contributed by atoms with E-state index in [1.807, 2.05) is 18.3 Å². The van der Waals surface area contributed by atoms with Crippen LogP contribution in [0.4, 0.5) is 0 Å². The summed E-state index contributed by atoms with van der Waals surface area (Å²) >= 11 is 0. The Balaban J connectivity index is 2.67. The molecule has 2 rings (SSSR count). The van der Waals surface area contributed by atoms with Crippen LogP contribution >= 0.6 is 0 Å². The van der Waals surface area contributed by atoms with Crippen LogP contribution in [-0.2, 0) is 10.1 Å². The number of fused-ring (bicyclic) bond motifs is 1. The molecular weight excluding hydrogens is 274 g/mol. The Morgan fingerprint density at radius 3 is 2.50 bits per heavy atom. The molecule has 0 bridgehead atoms. The first-order valence-electron chi connectivity index (χ1n) is 6.83. The number of benzene rings is 1. The summed E-state index contributed by atoms with van der Waals surface area (Å²) in [6, 6.07) is 5.57. The quantitative estimate of drug-likeness (QED) is 0.856. The van der Waals surface area contributed by atoms with Crippen molar-refractivity contribution >= 4 is 21.0 Å². The van der Waals surface area contributed by atoms with E-state index in [0.29, 0.717) is 11.7 Å². The molecule has 1 aromatic heterocycles. The Hall–Kier alpha value is -1.49. The summed E-state index contributed by atoms with van der Waals surface area (Å²) in [7, 11) is -3.53. The van der Waals surface area contributed by atoms with Crippen molar-refractivity contribution in [3.8, 4) is 5.75 Å². The van der Waals surface area contributed by atoms with E-state index in [4.69, 9.17) is 4.18 Å². The lowest BCUT2D eigenvalue weighted by Crippen LogP contribution is -2.12. The van der Waals surface area contributed by atoms with E-state index in [9.17, 15) is 8.42 Å². The molecule has 5 heteroatoms. The molecule has 0 fully saturated rings. The number of hydrogen-bond donors (Lipinski definition) is 1. The lowest BCUT2D eigenvalue weighted by atomic mass is 9.84. The first-order chi connectivity index (χ1) is 9.33. The van der Waals surface area contributed by atoms with E-state index in [0.717, 1.165) is 29.1 Å². The number of rotatable bonds is 5. The molecule has 1 atom stereocenters. The van der Waals surface area contributed by atoms with Crippen LogP contribution in [0.5, 0.6) is 5.75 Å². The normalized spacial score (nSPS) is 13.8. The van der Waals surface area contributed by atoms with E-state index < -0.39 is 10.1 Å². The van der Waals surface area contributed by atoms with Gasteiger partial charge in [0.2, 0.25) is 0 Å². The standard InChI is InChI=1S/C15H21NO3S/c1-5-11(10(2)3)15-12-8-9-16-13(12)6-7-14(15)19-20(4,17)18/h6-11,16H,5H2,1-4H3. The Bertz CT molecular complexity index is 701. The SMILES string of the molecule is CCC(c1c(OS(C)(=O)=O)ccc2[nH]ccc12)C(C)C. The topological polar surface area (TPSA) is 59.2 Å². The third kappa shape index (κ3) is 2.98. The maximum atomic E-state index is 11.5. The van der Waals surface area contributed by atoms with Crippen LogP contribution < -0.4 is 4.18 Å². The van der Waals surface area contributed by atoms with E-state index in [1.165, 1.54) is 0 Å². The zero-order valence-corrected chi connectivity index (χ0v) is 13.1. The van der Waals surface area contributed by atoms with Gasteiger partial charge in [0.25, 0.3) is 0 Å². The van der Waals surface area contributed by atoms with Gasteiger partial charge in [0, 0.05) is 22.7 Å². The van der Waals surface area contributed by atoms with Gasteiger partial charge in [-0.3, -0.25) is 0 Å². The molecular formula is C15H21NO3S. The predicted octanol–water partition coefficient (Wildman–Crippen LogP) is 3.66. The minimum atomic E-state index is -3.53. The Morgan fingerprint density at radius 1 is 1.25 bits per heavy atom. The summed E-state index contributed by atoms with van der Waals surface area (Å²) in [6.07, 6.45) is 3.88. The van der Waals surface area contributed by atoms with Crippen molar-refractivity contribution in [1.29, 1.82) is 0 Å². The lowest BCUT2D eigenvalue weighted by Gasteiger charge is -2.23. The van der Waals surface area contributed by atoms with E-state index in [2.05, 4.69) is 25.8 Å². The average molecular weight is 295 g/mol. The molecule has 0 radical (unpaired) electrons. The third-order valence-corrected chi connectivity index (χ3v) is 4.07. The fourth-order valence-electron chi connectivity index (χ4n) is 2.76. The van der Waals surface area contributed by atoms with Crippen LogP contribution in [0, 0.1) is 5.92 Å². The minimum absolute atomic E-state index is 0.256. The van der Waals surface area contributed by atoms with Gasteiger partial charge in [-0.2, -0.15) is 8.42 Å². The van der Waals surface area contributed by atoms with Crippen molar-refractivity contribution in [2.24, 2.45) is 5.92 Å². The number of aromatic amines is 1. The predicted molar refractivity (Wildman–Crippen MR) is 81.6 cm³/mol. The van der Waals surface area contributed by atoms with Gasteiger partial charge in [-0.1, -0.05) is 20.8 Å². The molecule has 4 nitrogen and oxygen atoms in total. The van der Waals surface area contributed by atoms with Crippen LogP contribution in [0.25, 0.3) is 10.9 Å². The highest BCUT2D eigenvalue weighted by Crippen LogP contribution is 2.39. The maximum Gasteiger partial charge on any atom is 0.306 e. The van der Waals surface area contributed by atoms with Gasteiger partial charge >= 0.3 is 10.1 Å². The summed E-state index contributed by atoms with van der Waals surface area (Å²) in [5.74, 6) is 1.11. The molecule has 20 heavy (non-hydrogen) atoms. The lowest BCUT2D eigenvalue weighted by molar-refractivity contribution is 0.456. The van der Waals surface area contributed by atoms with Gasteiger partial charge in [0.15, 0.2) is 0 Å². The van der Waals surface area contributed by atoms with Crippen molar-refractivity contribution in [3.63, 3.8) is 0 Å². The van der Waals surface area contributed by atoms with Crippen LogP contribution in [0.3, 0.4) is 0 Å². The molecule has 110 valence electrons. The van der Waals surface area contributed by atoms with E-state index in [1.54, 1.807) is 6.07 Å². The molecule has 1 N–H and O–H groups in total. The number of H-pyrrole nitrogens is 1. The second-order valence-corrected chi connectivity index (χ2v) is 7.04. The first kappa shape index (κ1) is 14.9. The summed E-state index contributed by atoms with van der Waals surface area (Å²) < 4.78 is 28.2. The summed E-state index contributed by atoms with van der Waals surface area (Å²) in [5, 5.41) is 1.03. The van der Waals surface area contributed by atoms with E-state index in [-0.39, 0.29) is 5.92 Å². The second kappa shape index (κ2) is 5.48. The Kier molecular flexibility index (Phi) is 4.09. The van der Waals surface area contributed by atoms with Gasteiger partial charge in [0.1, 0.15) is 5.75 Å². The molecule has 2 aromatic rings. The molecule has 1 aromatic carbocycles. The highest BCUT2D eigenvalue weighted by Gasteiger charge is 2.23. The molecule has 0 spiro atoms. The molecule has 1 heterocycles. The number of aromatic nitrogens is 1. The number of hydrogen-bond acceptors (Lipinski definition) is 3. The summed E-state index contributed by atoms with van der Waals surface area (Å²) in [4.78, 5) is 3.16. The van der Waals surface area contributed by atoms with Crippen molar-refractivity contribution in [3.05, 3.63) is 30.0 Å².